The van der Waals surface area contributed by atoms with Crippen molar-refractivity contribution < 1.29 is 9.47 Å². The lowest BCUT2D eigenvalue weighted by molar-refractivity contribution is 0.0425. The molecule has 0 aliphatic carbocycles. The second-order valence-corrected chi connectivity index (χ2v) is 5.07. The van der Waals surface area contributed by atoms with Gasteiger partial charge in [-0.15, -0.1) is 0 Å². The van der Waals surface area contributed by atoms with Crippen LogP contribution in [0.2, 0.25) is 0 Å². The minimum atomic E-state index is 0.112. The van der Waals surface area contributed by atoms with E-state index < -0.39 is 0 Å². The summed E-state index contributed by atoms with van der Waals surface area (Å²) in [5, 5.41) is 0. The third kappa shape index (κ3) is 2.17. The number of ether oxygens (including phenoxy) is 2. The number of hydrogen-bond acceptors (Lipinski definition) is 4. The Balaban J connectivity index is 1.76. The lowest BCUT2D eigenvalue weighted by Crippen LogP contribution is -2.19. The highest BCUT2D eigenvalue weighted by Gasteiger charge is 2.25. The maximum atomic E-state index is 5.72. The third-order valence-corrected chi connectivity index (χ3v) is 3.75. The topological polar surface area (TPSA) is 24.9 Å². The largest absolute Gasteiger partial charge is 0.358 e. The predicted molar refractivity (Wildman–Crippen MR) is 69.1 cm³/mol. The molecule has 98 valence electrons. The molecule has 0 bridgehead atoms. The minimum Gasteiger partial charge on any atom is -0.358 e. The first kappa shape index (κ1) is 12.1. The maximum Gasteiger partial charge on any atom is 0.136 e. The molecule has 0 aromatic heterocycles. The van der Waals surface area contributed by atoms with Crippen LogP contribution in [0.15, 0.2) is 24.3 Å². The van der Waals surface area contributed by atoms with E-state index >= 15 is 0 Å². The lowest BCUT2D eigenvalue weighted by atomic mass is 10.1. The van der Waals surface area contributed by atoms with Crippen LogP contribution in [0.1, 0.15) is 23.6 Å². The van der Waals surface area contributed by atoms with Crippen LogP contribution in [0, 0.1) is 0 Å². The molecule has 3 rings (SSSR count). The molecule has 0 saturated carbocycles. The smallest absolute Gasteiger partial charge is 0.136 e. The monoisotopic (exact) mass is 248 g/mol. The Bertz CT molecular complexity index is 368. The molecule has 2 heterocycles. The van der Waals surface area contributed by atoms with Gasteiger partial charge in [0.25, 0.3) is 0 Å². The van der Waals surface area contributed by atoms with E-state index in [4.69, 9.17) is 9.47 Å². The van der Waals surface area contributed by atoms with Gasteiger partial charge in [-0.3, -0.25) is 9.80 Å². The van der Waals surface area contributed by atoms with Crippen molar-refractivity contribution >= 4 is 0 Å². The summed E-state index contributed by atoms with van der Waals surface area (Å²) in [6.07, 6.45) is 0.225. The molecule has 2 fully saturated rings. The second-order valence-electron chi connectivity index (χ2n) is 5.07. The van der Waals surface area contributed by atoms with Crippen LogP contribution in [-0.2, 0) is 9.47 Å². The minimum absolute atomic E-state index is 0.112. The van der Waals surface area contributed by atoms with Crippen LogP contribution in [0.3, 0.4) is 0 Å². The van der Waals surface area contributed by atoms with Gasteiger partial charge in [-0.25, -0.2) is 0 Å². The molecule has 0 radical (unpaired) electrons. The number of rotatable bonds is 2. The van der Waals surface area contributed by atoms with E-state index in [-0.39, 0.29) is 12.5 Å². The van der Waals surface area contributed by atoms with Crippen LogP contribution in [0.5, 0.6) is 0 Å². The van der Waals surface area contributed by atoms with Crippen LogP contribution < -0.4 is 0 Å². The Morgan fingerprint density at radius 3 is 1.50 bits per heavy atom. The van der Waals surface area contributed by atoms with Gasteiger partial charge in [0.15, 0.2) is 0 Å². The number of hydrogen-bond donors (Lipinski definition) is 0. The summed E-state index contributed by atoms with van der Waals surface area (Å²) >= 11 is 0. The predicted octanol–water partition coefficient (Wildman–Crippen LogP) is 1.61. The fourth-order valence-corrected chi connectivity index (χ4v) is 2.63. The molecule has 0 N–H and O–H groups in total. The molecule has 0 unspecified atom stereocenters. The lowest BCUT2D eigenvalue weighted by Gasteiger charge is -2.21. The van der Waals surface area contributed by atoms with Gasteiger partial charge in [0.1, 0.15) is 12.5 Å². The van der Waals surface area contributed by atoms with E-state index in [1.807, 2.05) is 0 Å². The van der Waals surface area contributed by atoms with Crippen molar-refractivity contribution in [3.63, 3.8) is 0 Å². The zero-order chi connectivity index (χ0) is 12.5. The Hall–Kier alpha value is -0.940. The molecule has 1 aromatic rings. The summed E-state index contributed by atoms with van der Waals surface area (Å²) in [7, 11) is 4.19. The zero-order valence-corrected chi connectivity index (χ0v) is 11.0. The third-order valence-electron chi connectivity index (χ3n) is 3.75. The standard InChI is InChI=1S/C14H20N2O2/c1-15-7-9-17-13(15)11-3-5-12(6-4-11)14-16(2)8-10-18-14/h3-6,13-14H,7-10H2,1-2H3/t13-,14-/m1/s1. The van der Waals surface area contributed by atoms with Crippen LogP contribution in [0.25, 0.3) is 0 Å². The van der Waals surface area contributed by atoms with E-state index in [0.29, 0.717) is 0 Å². The highest BCUT2D eigenvalue weighted by molar-refractivity contribution is 5.26. The van der Waals surface area contributed by atoms with Crippen molar-refractivity contribution in [2.45, 2.75) is 12.5 Å². The van der Waals surface area contributed by atoms with Gasteiger partial charge >= 0.3 is 0 Å². The van der Waals surface area contributed by atoms with Crippen LogP contribution in [-0.4, -0.2) is 50.2 Å². The average Bonchev–Trinajstić information content (AvgIpc) is 2.98. The molecule has 2 aliphatic heterocycles. The van der Waals surface area contributed by atoms with Crippen molar-refractivity contribution in [1.29, 1.82) is 0 Å². The first-order chi connectivity index (χ1) is 8.75. The summed E-state index contributed by atoms with van der Waals surface area (Å²) in [6, 6.07) is 8.60. The van der Waals surface area contributed by atoms with Crippen LogP contribution >= 0.6 is 0 Å². The van der Waals surface area contributed by atoms with Crippen LogP contribution in [0.4, 0.5) is 0 Å². The van der Waals surface area contributed by atoms with E-state index in [1.165, 1.54) is 11.1 Å². The summed E-state index contributed by atoms with van der Waals surface area (Å²) in [4.78, 5) is 4.46. The quantitative estimate of drug-likeness (QED) is 0.794. The molecule has 1 aromatic carbocycles. The molecule has 0 spiro atoms. The highest BCUT2D eigenvalue weighted by atomic mass is 16.5. The first-order valence-corrected chi connectivity index (χ1v) is 6.49. The van der Waals surface area contributed by atoms with E-state index in [1.54, 1.807) is 0 Å². The first-order valence-electron chi connectivity index (χ1n) is 6.49. The normalized spacial score (nSPS) is 30.1. The van der Waals surface area contributed by atoms with Crippen molar-refractivity contribution in [1.82, 2.24) is 9.80 Å². The molecule has 4 nitrogen and oxygen atoms in total. The molecule has 4 heteroatoms. The molecule has 2 atom stereocenters. The number of benzene rings is 1. The number of nitrogens with zero attached hydrogens (tertiary/aromatic N) is 2. The molecule has 2 saturated heterocycles. The Morgan fingerprint density at radius 2 is 1.22 bits per heavy atom. The average molecular weight is 248 g/mol. The summed E-state index contributed by atoms with van der Waals surface area (Å²) in [6.45, 7) is 3.64. The van der Waals surface area contributed by atoms with Gasteiger partial charge in [0.2, 0.25) is 0 Å². The van der Waals surface area contributed by atoms with Gasteiger partial charge in [-0.05, 0) is 25.2 Å². The Kier molecular flexibility index (Phi) is 3.35. The van der Waals surface area contributed by atoms with Crippen molar-refractivity contribution in [3.05, 3.63) is 35.4 Å². The van der Waals surface area contributed by atoms with Gasteiger partial charge in [-0.1, -0.05) is 24.3 Å². The summed E-state index contributed by atoms with van der Waals surface area (Å²) < 4.78 is 11.4. The van der Waals surface area contributed by atoms with Gasteiger partial charge in [0.05, 0.1) is 13.2 Å². The zero-order valence-electron chi connectivity index (χ0n) is 11.0. The summed E-state index contributed by atoms with van der Waals surface area (Å²) in [5.74, 6) is 0. The molecule has 0 amide bonds. The van der Waals surface area contributed by atoms with Crippen molar-refractivity contribution in [2.75, 3.05) is 40.4 Å². The number of likely N-dealkylation sites (N-methyl/N-ethyl adjacent to an activating group) is 2. The van der Waals surface area contributed by atoms with Crippen molar-refractivity contribution in [3.8, 4) is 0 Å². The highest BCUT2D eigenvalue weighted by Crippen LogP contribution is 2.29. The maximum absolute atomic E-state index is 5.72. The fraction of sp³-hybridized carbons (Fsp3) is 0.571. The fourth-order valence-electron chi connectivity index (χ4n) is 2.63. The Labute approximate surface area is 108 Å². The van der Waals surface area contributed by atoms with Gasteiger partial charge < -0.3 is 9.47 Å². The molecular weight excluding hydrogens is 228 g/mol. The molecule has 18 heavy (non-hydrogen) atoms. The SMILES string of the molecule is CN1CCO[C@@H]1c1ccc([C@H]2OCCN2C)cc1. The van der Waals surface area contributed by atoms with Gasteiger partial charge in [0, 0.05) is 13.1 Å². The van der Waals surface area contributed by atoms with E-state index in [9.17, 15) is 0 Å². The molecule has 2 aliphatic rings. The summed E-state index contributed by atoms with van der Waals surface area (Å²) in [5.41, 5.74) is 2.44. The molecular formula is C14H20N2O2. The van der Waals surface area contributed by atoms with E-state index in [2.05, 4.69) is 48.2 Å². The van der Waals surface area contributed by atoms with E-state index in [0.717, 1.165) is 26.3 Å². The van der Waals surface area contributed by atoms with Gasteiger partial charge in [-0.2, -0.15) is 0 Å². The second kappa shape index (κ2) is 4.97. The Morgan fingerprint density at radius 1 is 0.833 bits per heavy atom. The van der Waals surface area contributed by atoms with Crippen molar-refractivity contribution in [2.24, 2.45) is 0 Å².